The van der Waals surface area contributed by atoms with Gasteiger partial charge in [-0.2, -0.15) is 0 Å². The Hall–Kier alpha value is -2.86. The van der Waals surface area contributed by atoms with E-state index in [1.54, 1.807) is 24.3 Å². The molecule has 0 heterocycles. The molecule has 0 spiro atoms. The Morgan fingerprint density at radius 3 is 2.57 bits per heavy atom. The highest BCUT2D eigenvalue weighted by Crippen LogP contribution is 2.18. The van der Waals surface area contributed by atoms with Crippen molar-refractivity contribution < 1.29 is 14.3 Å². The number of ether oxygens (including phenoxy) is 1. The van der Waals surface area contributed by atoms with Gasteiger partial charge >= 0.3 is 0 Å². The molecule has 0 radical (unpaired) electrons. The van der Waals surface area contributed by atoms with Gasteiger partial charge in [0.2, 0.25) is 0 Å². The Balaban J connectivity index is 2.01. The lowest BCUT2D eigenvalue weighted by Crippen LogP contribution is -2.30. The molecule has 0 aromatic heterocycles. The fourth-order valence-electron chi connectivity index (χ4n) is 2.14. The minimum Gasteiger partial charge on any atom is -0.483 e. The zero-order valence-electron chi connectivity index (χ0n) is 13.1. The first-order chi connectivity index (χ1) is 11.0. The summed E-state index contributed by atoms with van der Waals surface area (Å²) in [6.07, 6.45) is 0. The van der Waals surface area contributed by atoms with Crippen molar-refractivity contribution in [3.05, 3.63) is 59.2 Å². The molecule has 0 aliphatic heterocycles. The minimum atomic E-state index is -0.476. The highest BCUT2D eigenvalue weighted by Gasteiger charge is 2.12. The minimum absolute atomic E-state index is 0.206. The zero-order chi connectivity index (χ0) is 16.8. The molecular weight excluding hydrogens is 294 g/mol. The van der Waals surface area contributed by atoms with Gasteiger partial charge in [-0.05, 0) is 37.6 Å². The van der Waals surface area contributed by atoms with E-state index in [0.717, 1.165) is 16.8 Å². The predicted molar refractivity (Wildman–Crippen MR) is 88.1 cm³/mol. The summed E-state index contributed by atoms with van der Waals surface area (Å²) in [5, 5.41) is 2.78. The monoisotopic (exact) mass is 313 g/mol. The maximum Gasteiger partial charge on any atom is 0.268 e. The van der Waals surface area contributed by atoms with Gasteiger partial charge in [0.1, 0.15) is 5.75 Å². The third-order valence-corrected chi connectivity index (χ3v) is 3.28. The number of nitrogens with one attached hydrogen (secondary N) is 2. The molecule has 4 N–H and O–H groups in total. The predicted octanol–water partition coefficient (Wildman–Crippen LogP) is 1.92. The van der Waals surface area contributed by atoms with E-state index in [9.17, 15) is 9.59 Å². The van der Waals surface area contributed by atoms with Gasteiger partial charge in [-0.1, -0.05) is 29.8 Å². The summed E-state index contributed by atoms with van der Waals surface area (Å²) < 4.78 is 5.43. The number of hydrogen-bond donors (Lipinski definition) is 3. The number of benzene rings is 2. The van der Waals surface area contributed by atoms with Crippen molar-refractivity contribution in [1.29, 1.82) is 0 Å². The van der Waals surface area contributed by atoms with Crippen molar-refractivity contribution in [2.24, 2.45) is 5.84 Å². The number of anilines is 1. The van der Waals surface area contributed by atoms with Crippen LogP contribution in [0.3, 0.4) is 0 Å². The molecule has 6 nitrogen and oxygen atoms in total. The standard InChI is InChI=1S/C17H19N3O3/c1-11-7-8-14(12(2)9-11)19-16(21)10-23-15-6-4-3-5-13(15)17(22)20-18/h3-9H,10,18H2,1-2H3,(H,19,21)(H,20,22). The van der Waals surface area contributed by atoms with E-state index in [1.807, 2.05) is 37.5 Å². The Kier molecular flexibility index (Phi) is 5.32. The number of hydrogen-bond acceptors (Lipinski definition) is 4. The van der Waals surface area contributed by atoms with Crippen molar-refractivity contribution in [2.45, 2.75) is 13.8 Å². The molecule has 0 atom stereocenters. The summed E-state index contributed by atoms with van der Waals surface area (Å²) in [4.78, 5) is 23.6. The van der Waals surface area contributed by atoms with Gasteiger partial charge in [0.25, 0.3) is 11.8 Å². The number of carbonyl (C=O) groups excluding carboxylic acids is 2. The smallest absolute Gasteiger partial charge is 0.268 e. The number of nitrogens with two attached hydrogens (primary N) is 1. The van der Waals surface area contributed by atoms with E-state index in [2.05, 4.69) is 5.32 Å². The van der Waals surface area contributed by atoms with Gasteiger partial charge in [-0.3, -0.25) is 15.0 Å². The quantitative estimate of drug-likeness (QED) is 0.446. The summed E-state index contributed by atoms with van der Waals surface area (Å²) in [6.45, 7) is 3.70. The molecule has 0 fully saturated rings. The molecule has 0 unspecified atom stereocenters. The molecule has 23 heavy (non-hydrogen) atoms. The topological polar surface area (TPSA) is 93.4 Å². The van der Waals surface area contributed by atoms with E-state index in [-0.39, 0.29) is 18.1 Å². The molecule has 0 bridgehead atoms. The molecule has 120 valence electrons. The van der Waals surface area contributed by atoms with E-state index < -0.39 is 5.91 Å². The number of hydrazine groups is 1. The van der Waals surface area contributed by atoms with E-state index >= 15 is 0 Å². The van der Waals surface area contributed by atoms with Crippen LogP contribution in [-0.2, 0) is 4.79 Å². The zero-order valence-corrected chi connectivity index (χ0v) is 13.1. The first-order valence-corrected chi connectivity index (χ1v) is 7.11. The van der Waals surface area contributed by atoms with Crippen LogP contribution in [-0.4, -0.2) is 18.4 Å². The number of carbonyl (C=O) groups is 2. The number of amides is 2. The molecule has 0 aliphatic rings. The summed E-state index contributed by atoms with van der Waals surface area (Å²) in [7, 11) is 0. The van der Waals surface area contributed by atoms with Crippen LogP contribution in [0.25, 0.3) is 0 Å². The van der Waals surface area contributed by atoms with Gasteiger partial charge in [0.15, 0.2) is 6.61 Å². The fraction of sp³-hybridized carbons (Fsp3) is 0.176. The summed E-state index contributed by atoms with van der Waals surface area (Å²) in [6, 6.07) is 12.3. The van der Waals surface area contributed by atoms with Crippen LogP contribution in [0.1, 0.15) is 21.5 Å². The largest absolute Gasteiger partial charge is 0.483 e. The molecule has 6 heteroatoms. The first-order valence-electron chi connectivity index (χ1n) is 7.11. The summed E-state index contributed by atoms with van der Waals surface area (Å²) in [5.41, 5.74) is 5.15. The van der Waals surface area contributed by atoms with Crippen LogP contribution >= 0.6 is 0 Å². The maximum absolute atomic E-state index is 12.0. The number of para-hydroxylation sites is 1. The number of aryl methyl sites for hydroxylation is 2. The average molecular weight is 313 g/mol. The van der Waals surface area contributed by atoms with Gasteiger partial charge in [0.05, 0.1) is 5.56 Å². The van der Waals surface area contributed by atoms with Crippen LogP contribution in [0, 0.1) is 13.8 Å². The van der Waals surface area contributed by atoms with E-state index in [0.29, 0.717) is 5.75 Å². The Morgan fingerprint density at radius 2 is 1.87 bits per heavy atom. The maximum atomic E-state index is 12.0. The Morgan fingerprint density at radius 1 is 1.13 bits per heavy atom. The van der Waals surface area contributed by atoms with Crippen LogP contribution < -0.4 is 21.3 Å². The van der Waals surface area contributed by atoms with E-state index in [1.165, 1.54) is 0 Å². The molecule has 2 rings (SSSR count). The van der Waals surface area contributed by atoms with Crippen LogP contribution in [0.4, 0.5) is 5.69 Å². The summed E-state index contributed by atoms with van der Waals surface area (Å²) in [5.74, 6) is 4.64. The molecule has 0 saturated carbocycles. The SMILES string of the molecule is Cc1ccc(NC(=O)COc2ccccc2C(=O)NN)c(C)c1. The third kappa shape index (κ3) is 4.31. The lowest BCUT2D eigenvalue weighted by molar-refractivity contribution is -0.118. The fourth-order valence-corrected chi connectivity index (χ4v) is 2.14. The highest BCUT2D eigenvalue weighted by atomic mass is 16.5. The molecule has 2 aromatic carbocycles. The van der Waals surface area contributed by atoms with Crippen LogP contribution in [0.2, 0.25) is 0 Å². The molecule has 2 amide bonds. The van der Waals surface area contributed by atoms with Crippen molar-refractivity contribution in [3.8, 4) is 5.75 Å². The lowest BCUT2D eigenvalue weighted by atomic mass is 10.1. The van der Waals surface area contributed by atoms with Crippen molar-refractivity contribution in [3.63, 3.8) is 0 Å². The van der Waals surface area contributed by atoms with Crippen molar-refractivity contribution in [1.82, 2.24) is 5.43 Å². The second-order valence-corrected chi connectivity index (χ2v) is 5.12. The second-order valence-electron chi connectivity index (χ2n) is 5.12. The molecule has 2 aromatic rings. The normalized spacial score (nSPS) is 10.0. The van der Waals surface area contributed by atoms with Gasteiger partial charge in [-0.15, -0.1) is 0 Å². The molecule has 0 saturated heterocycles. The number of rotatable bonds is 5. The molecule has 0 aliphatic carbocycles. The second kappa shape index (κ2) is 7.42. The van der Waals surface area contributed by atoms with E-state index in [4.69, 9.17) is 10.6 Å². The number of nitrogen functional groups attached to an aromatic ring is 1. The molecular formula is C17H19N3O3. The third-order valence-electron chi connectivity index (χ3n) is 3.28. The Labute approximate surface area is 134 Å². The van der Waals surface area contributed by atoms with Gasteiger partial charge in [0, 0.05) is 5.69 Å². The van der Waals surface area contributed by atoms with Crippen molar-refractivity contribution >= 4 is 17.5 Å². The van der Waals surface area contributed by atoms with Crippen molar-refractivity contribution in [2.75, 3.05) is 11.9 Å². The first kappa shape index (κ1) is 16.5. The average Bonchev–Trinajstić information content (AvgIpc) is 2.55. The summed E-state index contributed by atoms with van der Waals surface area (Å²) >= 11 is 0. The highest BCUT2D eigenvalue weighted by molar-refractivity contribution is 5.97. The Bertz CT molecular complexity index is 729. The van der Waals surface area contributed by atoms with Crippen LogP contribution in [0.5, 0.6) is 5.75 Å². The van der Waals surface area contributed by atoms with Crippen LogP contribution in [0.15, 0.2) is 42.5 Å². The van der Waals surface area contributed by atoms with Gasteiger partial charge < -0.3 is 10.1 Å². The lowest BCUT2D eigenvalue weighted by Gasteiger charge is -2.12. The van der Waals surface area contributed by atoms with Gasteiger partial charge in [-0.25, -0.2) is 5.84 Å².